The van der Waals surface area contributed by atoms with Crippen LogP contribution in [-0.2, 0) is 0 Å². The summed E-state index contributed by atoms with van der Waals surface area (Å²) in [6, 6.07) is 5.84. The van der Waals surface area contributed by atoms with Gasteiger partial charge in [-0.15, -0.1) is 5.10 Å². The van der Waals surface area contributed by atoms with Gasteiger partial charge in [-0.25, -0.2) is 9.48 Å². The molecule has 2 aromatic rings. The predicted octanol–water partition coefficient (Wildman–Crippen LogP) is 2.21. The zero-order chi connectivity index (χ0) is 18.5. The molecule has 1 aromatic carbocycles. The topological polar surface area (TPSA) is 88.0 Å². The molecule has 26 heavy (non-hydrogen) atoms. The molecule has 0 radical (unpaired) electrons. The van der Waals surface area contributed by atoms with Gasteiger partial charge in [0.15, 0.2) is 0 Å². The summed E-state index contributed by atoms with van der Waals surface area (Å²) in [5.41, 5.74) is 2.52. The number of tetrazole rings is 1. The number of likely N-dealkylation sites (tertiary alicyclic amines) is 1. The van der Waals surface area contributed by atoms with E-state index in [2.05, 4.69) is 44.9 Å². The predicted molar refractivity (Wildman–Crippen MR) is 100 cm³/mol. The average molecular weight is 357 g/mol. The number of rotatable bonds is 5. The van der Waals surface area contributed by atoms with Gasteiger partial charge >= 0.3 is 6.03 Å². The van der Waals surface area contributed by atoms with Crippen molar-refractivity contribution in [3.63, 3.8) is 0 Å². The molecule has 3 rings (SSSR count). The first-order chi connectivity index (χ1) is 12.5. The zero-order valence-corrected chi connectivity index (χ0v) is 15.6. The van der Waals surface area contributed by atoms with Crippen molar-refractivity contribution in [2.24, 2.45) is 5.92 Å². The number of hydrogen-bond donors (Lipinski definition) is 2. The van der Waals surface area contributed by atoms with E-state index in [1.165, 1.54) is 19.2 Å². The van der Waals surface area contributed by atoms with Crippen molar-refractivity contribution in [3.05, 3.63) is 30.1 Å². The Hall–Kier alpha value is -2.48. The molecular weight excluding hydrogens is 330 g/mol. The molecule has 0 spiro atoms. The minimum Gasteiger partial charge on any atom is -0.336 e. The molecule has 2 N–H and O–H groups in total. The van der Waals surface area contributed by atoms with Crippen LogP contribution in [0.4, 0.5) is 10.5 Å². The molecule has 8 heteroatoms. The molecule has 2 heterocycles. The number of amides is 2. The van der Waals surface area contributed by atoms with Gasteiger partial charge in [0.25, 0.3) is 0 Å². The van der Waals surface area contributed by atoms with Crippen LogP contribution in [0.1, 0.15) is 32.3 Å². The Kier molecular flexibility index (Phi) is 5.82. The first kappa shape index (κ1) is 18.3. The Morgan fingerprint density at radius 1 is 1.42 bits per heavy atom. The van der Waals surface area contributed by atoms with Crippen molar-refractivity contribution in [1.82, 2.24) is 30.4 Å². The van der Waals surface area contributed by atoms with Gasteiger partial charge in [-0.1, -0.05) is 13.0 Å². The lowest BCUT2D eigenvalue weighted by molar-refractivity contribution is 0.138. The second-order valence-electron chi connectivity index (χ2n) is 7.18. The third kappa shape index (κ3) is 4.57. The lowest BCUT2D eigenvalue weighted by Crippen LogP contribution is -2.47. The van der Waals surface area contributed by atoms with E-state index in [9.17, 15) is 4.79 Å². The van der Waals surface area contributed by atoms with E-state index < -0.39 is 0 Å². The Morgan fingerprint density at radius 2 is 2.27 bits per heavy atom. The molecule has 1 aliphatic heterocycles. The van der Waals surface area contributed by atoms with Gasteiger partial charge in [0.1, 0.15) is 6.33 Å². The fraction of sp³-hybridized carbons (Fsp3) is 0.556. The second-order valence-corrected chi connectivity index (χ2v) is 7.18. The third-order valence-corrected chi connectivity index (χ3v) is 4.95. The van der Waals surface area contributed by atoms with Gasteiger partial charge in [-0.05, 0) is 67.3 Å². The highest BCUT2D eigenvalue weighted by Crippen LogP contribution is 2.19. The van der Waals surface area contributed by atoms with Crippen LogP contribution in [-0.4, -0.2) is 56.8 Å². The van der Waals surface area contributed by atoms with E-state index in [1.54, 1.807) is 4.68 Å². The molecule has 2 atom stereocenters. The Bertz CT molecular complexity index is 731. The Balaban J connectivity index is 1.55. The first-order valence-corrected chi connectivity index (χ1v) is 9.16. The van der Waals surface area contributed by atoms with Crippen LogP contribution in [0.15, 0.2) is 24.5 Å². The summed E-state index contributed by atoms with van der Waals surface area (Å²) in [6.07, 6.45) is 4.06. The number of aromatic nitrogens is 4. The van der Waals surface area contributed by atoms with Gasteiger partial charge in [0.2, 0.25) is 0 Å². The number of aryl methyl sites for hydroxylation is 1. The van der Waals surface area contributed by atoms with Crippen LogP contribution in [0.3, 0.4) is 0 Å². The Labute approximate surface area is 154 Å². The highest BCUT2D eigenvalue weighted by Gasteiger charge is 2.21. The molecule has 0 saturated carbocycles. The molecule has 1 saturated heterocycles. The summed E-state index contributed by atoms with van der Waals surface area (Å²) >= 11 is 0. The van der Waals surface area contributed by atoms with Crippen LogP contribution in [0.5, 0.6) is 0 Å². The smallest absolute Gasteiger partial charge is 0.319 e. The van der Waals surface area contributed by atoms with Gasteiger partial charge in [0, 0.05) is 24.8 Å². The number of carbonyl (C=O) groups excluding carboxylic acids is 1. The number of hydrogen-bond acceptors (Lipinski definition) is 5. The largest absolute Gasteiger partial charge is 0.336 e. The highest BCUT2D eigenvalue weighted by molar-refractivity contribution is 5.90. The number of benzene rings is 1. The zero-order valence-electron chi connectivity index (χ0n) is 15.6. The van der Waals surface area contributed by atoms with Crippen molar-refractivity contribution in [2.45, 2.75) is 39.7 Å². The number of piperidine rings is 1. The van der Waals surface area contributed by atoms with Crippen molar-refractivity contribution < 1.29 is 4.79 Å². The SMILES string of the molecule is Cc1ccc(-n2cnnn2)cc1NC(=O)NCC(C)N1CCCC(C)C1. The van der Waals surface area contributed by atoms with E-state index >= 15 is 0 Å². The number of nitrogens with one attached hydrogen (secondary N) is 2. The summed E-state index contributed by atoms with van der Waals surface area (Å²) in [5.74, 6) is 0.733. The standard InChI is InChI=1S/C18H27N7O/c1-13-5-4-8-24(11-13)15(3)10-19-18(26)21-17-9-16(7-6-14(17)2)25-12-20-22-23-25/h6-7,9,12-13,15H,4-5,8,10-11H2,1-3H3,(H2,19,21,26). The van der Waals surface area contributed by atoms with Crippen LogP contribution in [0.25, 0.3) is 5.69 Å². The first-order valence-electron chi connectivity index (χ1n) is 9.16. The third-order valence-electron chi connectivity index (χ3n) is 4.95. The maximum atomic E-state index is 12.3. The summed E-state index contributed by atoms with van der Waals surface area (Å²) in [6.45, 7) is 9.27. The Morgan fingerprint density at radius 3 is 3.00 bits per heavy atom. The average Bonchev–Trinajstić information content (AvgIpc) is 3.16. The minimum absolute atomic E-state index is 0.195. The molecule has 2 unspecified atom stereocenters. The van der Waals surface area contributed by atoms with E-state index in [4.69, 9.17) is 0 Å². The lowest BCUT2D eigenvalue weighted by atomic mass is 9.99. The lowest BCUT2D eigenvalue weighted by Gasteiger charge is -2.35. The fourth-order valence-electron chi connectivity index (χ4n) is 3.33. The van der Waals surface area contributed by atoms with Crippen molar-refractivity contribution in [3.8, 4) is 5.69 Å². The quantitative estimate of drug-likeness (QED) is 0.857. The molecule has 1 aliphatic rings. The van der Waals surface area contributed by atoms with Crippen LogP contribution < -0.4 is 10.6 Å². The van der Waals surface area contributed by atoms with E-state index in [0.29, 0.717) is 12.6 Å². The van der Waals surface area contributed by atoms with Gasteiger partial charge < -0.3 is 10.6 Å². The summed E-state index contributed by atoms with van der Waals surface area (Å²) in [4.78, 5) is 14.8. The second kappa shape index (κ2) is 8.27. The van der Waals surface area contributed by atoms with Crippen LogP contribution in [0.2, 0.25) is 0 Å². The molecule has 140 valence electrons. The number of urea groups is 1. The van der Waals surface area contributed by atoms with Crippen LogP contribution in [0, 0.1) is 12.8 Å². The minimum atomic E-state index is -0.195. The highest BCUT2D eigenvalue weighted by atomic mass is 16.2. The maximum Gasteiger partial charge on any atom is 0.319 e. The summed E-state index contributed by atoms with van der Waals surface area (Å²) < 4.78 is 1.56. The van der Waals surface area contributed by atoms with Crippen molar-refractivity contribution in [1.29, 1.82) is 0 Å². The van der Waals surface area contributed by atoms with Gasteiger partial charge in [-0.3, -0.25) is 4.90 Å². The number of nitrogens with zero attached hydrogens (tertiary/aromatic N) is 5. The molecule has 1 aromatic heterocycles. The van der Waals surface area contributed by atoms with Gasteiger partial charge in [-0.2, -0.15) is 0 Å². The fourth-order valence-corrected chi connectivity index (χ4v) is 3.33. The van der Waals surface area contributed by atoms with Gasteiger partial charge in [0.05, 0.1) is 5.69 Å². The van der Waals surface area contributed by atoms with E-state index in [-0.39, 0.29) is 6.03 Å². The van der Waals surface area contributed by atoms with Crippen LogP contribution >= 0.6 is 0 Å². The normalized spacial score (nSPS) is 19.1. The summed E-state index contributed by atoms with van der Waals surface area (Å²) in [5, 5.41) is 17.1. The van der Waals surface area contributed by atoms with Crippen molar-refractivity contribution in [2.75, 3.05) is 25.0 Å². The molecule has 1 fully saturated rings. The molecule has 0 aliphatic carbocycles. The van der Waals surface area contributed by atoms with E-state index in [1.807, 2.05) is 25.1 Å². The summed E-state index contributed by atoms with van der Waals surface area (Å²) in [7, 11) is 0. The van der Waals surface area contributed by atoms with Crippen molar-refractivity contribution >= 4 is 11.7 Å². The number of anilines is 1. The monoisotopic (exact) mass is 357 g/mol. The van der Waals surface area contributed by atoms with E-state index in [0.717, 1.165) is 35.9 Å². The molecule has 8 nitrogen and oxygen atoms in total. The molecule has 0 bridgehead atoms. The maximum absolute atomic E-state index is 12.3. The molecule has 2 amide bonds. The number of carbonyl (C=O) groups is 1. The molecular formula is C18H27N7O.